The van der Waals surface area contributed by atoms with Crippen LogP contribution in [0.2, 0.25) is 0 Å². The minimum atomic E-state index is 0.496. The Morgan fingerprint density at radius 1 is 1.27 bits per heavy atom. The van der Waals surface area contributed by atoms with Gasteiger partial charge in [0.15, 0.2) is 4.96 Å². The minimum absolute atomic E-state index is 0.496. The summed E-state index contributed by atoms with van der Waals surface area (Å²) in [6.07, 6.45) is 2.15. The van der Waals surface area contributed by atoms with Gasteiger partial charge in [-0.3, -0.25) is 4.40 Å². The van der Waals surface area contributed by atoms with Gasteiger partial charge in [0.2, 0.25) is 0 Å². The van der Waals surface area contributed by atoms with Gasteiger partial charge in [-0.05, 0) is 18.1 Å². The molecule has 0 saturated carbocycles. The van der Waals surface area contributed by atoms with E-state index in [0.717, 1.165) is 4.96 Å². The fraction of sp³-hybridized carbons (Fsp3) is 0.250. The third-order valence-corrected chi connectivity index (χ3v) is 3.65. The second-order valence-electron chi connectivity index (χ2n) is 4.04. The van der Waals surface area contributed by atoms with E-state index < -0.39 is 0 Å². The largest absolute Gasteiger partial charge is 0.290 e. The van der Waals surface area contributed by atoms with E-state index in [1.54, 1.807) is 11.3 Å². The molecule has 1 aromatic carbocycles. The number of benzene rings is 1. The summed E-state index contributed by atoms with van der Waals surface area (Å²) in [5, 5.41) is 0. The Balaban J connectivity index is 2.37. The highest BCUT2D eigenvalue weighted by molar-refractivity contribution is 7.23. The molecule has 3 rings (SSSR count). The molecular formula is C12H12N2S. The Labute approximate surface area is 92.2 Å². The average Bonchev–Trinajstić information content (AvgIpc) is 2.73. The molecule has 0 unspecified atom stereocenters. The van der Waals surface area contributed by atoms with E-state index in [-0.39, 0.29) is 0 Å². The van der Waals surface area contributed by atoms with E-state index in [1.807, 2.05) is 0 Å². The van der Waals surface area contributed by atoms with Crippen LogP contribution in [-0.4, -0.2) is 9.38 Å². The second-order valence-corrected chi connectivity index (χ2v) is 5.05. The Hall–Kier alpha value is -1.35. The fourth-order valence-electron chi connectivity index (χ4n) is 1.74. The molecule has 15 heavy (non-hydrogen) atoms. The number of thiazole rings is 1. The van der Waals surface area contributed by atoms with Gasteiger partial charge in [0.25, 0.3) is 0 Å². The maximum absolute atomic E-state index is 4.63. The fourth-order valence-corrected chi connectivity index (χ4v) is 2.76. The molecule has 0 aliphatic heterocycles. The highest BCUT2D eigenvalue weighted by Crippen LogP contribution is 2.27. The van der Waals surface area contributed by atoms with Crippen molar-refractivity contribution in [3.8, 4) is 0 Å². The van der Waals surface area contributed by atoms with Crippen molar-refractivity contribution in [2.45, 2.75) is 19.8 Å². The molecule has 0 amide bonds. The first kappa shape index (κ1) is 8.92. The molecular weight excluding hydrogens is 204 g/mol. The molecule has 3 aromatic rings. The number of fused-ring (bicyclic) bond motifs is 3. The first-order valence-electron chi connectivity index (χ1n) is 5.12. The van der Waals surface area contributed by atoms with Gasteiger partial charge >= 0.3 is 0 Å². The van der Waals surface area contributed by atoms with Crippen molar-refractivity contribution >= 4 is 26.5 Å². The van der Waals surface area contributed by atoms with Crippen LogP contribution in [0.1, 0.15) is 25.5 Å². The summed E-state index contributed by atoms with van der Waals surface area (Å²) in [7, 11) is 0. The van der Waals surface area contributed by atoms with Crippen LogP contribution in [0.25, 0.3) is 15.2 Å². The number of para-hydroxylation sites is 1. The minimum Gasteiger partial charge on any atom is -0.290 e. The van der Waals surface area contributed by atoms with Crippen molar-refractivity contribution in [3.63, 3.8) is 0 Å². The Bertz CT molecular complexity index is 619. The van der Waals surface area contributed by atoms with Gasteiger partial charge in [-0.1, -0.05) is 37.3 Å². The molecule has 0 N–H and O–H groups in total. The highest BCUT2D eigenvalue weighted by atomic mass is 32.1. The number of aromatic nitrogens is 2. The molecule has 0 aliphatic rings. The predicted molar refractivity (Wildman–Crippen MR) is 64.7 cm³/mol. The molecule has 0 radical (unpaired) electrons. The Morgan fingerprint density at radius 2 is 2.07 bits per heavy atom. The SMILES string of the molecule is CC(C)c1cn2c(n1)sc1ccccc12. The van der Waals surface area contributed by atoms with Gasteiger partial charge in [-0.2, -0.15) is 0 Å². The summed E-state index contributed by atoms with van der Waals surface area (Å²) < 4.78 is 3.49. The third kappa shape index (κ3) is 1.27. The zero-order valence-corrected chi connectivity index (χ0v) is 9.58. The molecule has 2 heterocycles. The lowest BCUT2D eigenvalue weighted by Gasteiger charge is -1.96. The van der Waals surface area contributed by atoms with Crippen LogP contribution < -0.4 is 0 Å². The molecule has 0 spiro atoms. The number of imidazole rings is 1. The lowest BCUT2D eigenvalue weighted by Crippen LogP contribution is -1.85. The van der Waals surface area contributed by atoms with Crippen LogP contribution in [-0.2, 0) is 0 Å². The van der Waals surface area contributed by atoms with Crippen molar-refractivity contribution in [2.75, 3.05) is 0 Å². The van der Waals surface area contributed by atoms with Gasteiger partial charge in [0, 0.05) is 6.20 Å². The first-order chi connectivity index (χ1) is 7.25. The van der Waals surface area contributed by atoms with Crippen LogP contribution in [0.3, 0.4) is 0 Å². The van der Waals surface area contributed by atoms with E-state index in [9.17, 15) is 0 Å². The van der Waals surface area contributed by atoms with Crippen molar-refractivity contribution in [1.29, 1.82) is 0 Å². The lowest BCUT2D eigenvalue weighted by atomic mass is 10.2. The van der Waals surface area contributed by atoms with E-state index in [2.05, 4.69) is 53.7 Å². The van der Waals surface area contributed by atoms with Crippen molar-refractivity contribution in [1.82, 2.24) is 9.38 Å². The van der Waals surface area contributed by atoms with E-state index in [4.69, 9.17) is 0 Å². The van der Waals surface area contributed by atoms with Gasteiger partial charge < -0.3 is 0 Å². The van der Waals surface area contributed by atoms with Crippen molar-refractivity contribution in [2.24, 2.45) is 0 Å². The molecule has 0 atom stereocenters. The summed E-state index contributed by atoms with van der Waals surface area (Å²) in [6, 6.07) is 8.43. The van der Waals surface area contributed by atoms with Crippen LogP contribution in [0, 0.1) is 0 Å². The summed E-state index contributed by atoms with van der Waals surface area (Å²) >= 11 is 1.75. The maximum Gasteiger partial charge on any atom is 0.194 e. The predicted octanol–water partition coefficient (Wildman–Crippen LogP) is 3.67. The van der Waals surface area contributed by atoms with E-state index >= 15 is 0 Å². The molecule has 0 bridgehead atoms. The van der Waals surface area contributed by atoms with Crippen LogP contribution in [0.5, 0.6) is 0 Å². The van der Waals surface area contributed by atoms with Gasteiger partial charge in [0.05, 0.1) is 15.9 Å². The van der Waals surface area contributed by atoms with E-state index in [0.29, 0.717) is 5.92 Å². The second kappa shape index (κ2) is 3.07. The maximum atomic E-state index is 4.63. The van der Waals surface area contributed by atoms with Gasteiger partial charge in [-0.15, -0.1) is 0 Å². The quantitative estimate of drug-likeness (QED) is 0.606. The summed E-state index contributed by atoms with van der Waals surface area (Å²) in [4.78, 5) is 5.73. The number of nitrogens with zero attached hydrogens (tertiary/aromatic N) is 2. The summed E-state index contributed by atoms with van der Waals surface area (Å²) in [5.74, 6) is 0.496. The van der Waals surface area contributed by atoms with Crippen LogP contribution in [0.15, 0.2) is 30.5 Å². The molecule has 0 aliphatic carbocycles. The van der Waals surface area contributed by atoms with E-state index in [1.165, 1.54) is 15.9 Å². The van der Waals surface area contributed by atoms with Crippen LogP contribution >= 0.6 is 11.3 Å². The normalized spacial score (nSPS) is 11.9. The monoisotopic (exact) mass is 216 g/mol. The first-order valence-corrected chi connectivity index (χ1v) is 5.94. The zero-order chi connectivity index (χ0) is 10.4. The number of rotatable bonds is 1. The molecule has 2 aromatic heterocycles. The Kier molecular flexibility index (Phi) is 1.83. The van der Waals surface area contributed by atoms with Crippen molar-refractivity contribution < 1.29 is 0 Å². The molecule has 0 fully saturated rings. The summed E-state index contributed by atoms with van der Waals surface area (Å²) in [6.45, 7) is 4.35. The average molecular weight is 216 g/mol. The molecule has 76 valence electrons. The topological polar surface area (TPSA) is 17.3 Å². The highest BCUT2D eigenvalue weighted by Gasteiger charge is 2.09. The van der Waals surface area contributed by atoms with Crippen LogP contribution in [0.4, 0.5) is 0 Å². The third-order valence-electron chi connectivity index (χ3n) is 2.61. The number of hydrogen-bond acceptors (Lipinski definition) is 2. The lowest BCUT2D eigenvalue weighted by molar-refractivity contribution is 0.834. The number of hydrogen-bond donors (Lipinski definition) is 0. The standard InChI is InChI=1S/C12H12N2S/c1-8(2)9-7-14-10-5-3-4-6-11(10)15-12(14)13-9/h3-8H,1-2H3. The Morgan fingerprint density at radius 3 is 2.87 bits per heavy atom. The smallest absolute Gasteiger partial charge is 0.194 e. The zero-order valence-electron chi connectivity index (χ0n) is 8.77. The van der Waals surface area contributed by atoms with Gasteiger partial charge in [-0.25, -0.2) is 4.98 Å². The van der Waals surface area contributed by atoms with Crippen molar-refractivity contribution in [3.05, 3.63) is 36.2 Å². The van der Waals surface area contributed by atoms with Gasteiger partial charge in [0.1, 0.15) is 0 Å². The molecule has 3 heteroatoms. The molecule has 0 saturated heterocycles. The molecule has 2 nitrogen and oxygen atoms in total. The summed E-state index contributed by atoms with van der Waals surface area (Å²) in [5.41, 5.74) is 2.43.